The monoisotopic (exact) mass is 291 g/mol. The van der Waals surface area contributed by atoms with Gasteiger partial charge in [-0.2, -0.15) is 0 Å². The van der Waals surface area contributed by atoms with E-state index in [1.807, 2.05) is 13.8 Å². The Morgan fingerprint density at radius 2 is 2.00 bits per heavy atom. The summed E-state index contributed by atoms with van der Waals surface area (Å²) in [5.74, 6) is -0.801. The third-order valence-electron chi connectivity index (χ3n) is 3.16. The molecule has 0 aliphatic heterocycles. The summed E-state index contributed by atoms with van der Waals surface area (Å²) in [7, 11) is 0. The van der Waals surface area contributed by atoms with Gasteiger partial charge in [0.05, 0.1) is 11.1 Å². The molecule has 1 rings (SSSR count). The molecule has 0 heterocycles. The molecule has 0 bridgehead atoms. The Morgan fingerprint density at radius 1 is 1.39 bits per heavy atom. The van der Waals surface area contributed by atoms with E-state index in [2.05, 4.69) is 5.32 Å². The smallest absolute Gasteiger partial charge is 0.254 e. The number of nitrogens with one attached hydrogen (secondary N) is 1. The first-order chi connectivity index (χ1) is 8.48. The standard InChI is InChI=1S/C13H16Cl2FNO/c1-3-13(4-2,8-14)17-12(18)10-6-5-9(15)7-11(10)16/h5-7H,3-4,8H2,1-2H3,(H,17,18). The van der Waals surface area contributed by atoms with E-state index in [-0.39, 0.29) is 10.6 Å². The Kier molecular flexibility index (Phi) is 5.42. The van der Waals surface area contributed by atoms with Crippen molar-refractivity contribution in [3.8, 4) is 0 Å². The van der Waals surface area contributed by atoms with Crippen LogP contribution in [0.2, 0.25) is 5.02 Å². The van der Waals surface area contributed by atoms with Gasteiger partial charge in [-0.3, -0.25) is 4.79 Å². The largest absolute Gasteiger partial charge is 0.345 e. The Balaban J connectivity index is 2.94. The lowest BCUT2D eigenvalue weighted by Crippen LogP contribution is -2.49. The van der Waals surface area contributed by atoms with Gasteiger partial charge in [-0.1, -0.05) is 25.4 Å². The number of carbonyl (C=O) groups excluding carboxylic acids is 1. The van der Waals surface area contributed by atoms with Gasteiger partial charge in [0.1, 0.15) is 5.82 Å². The summed E-state index contributed by atoms with van der Waals surface area (Å²) in [6.07, 6.45) is 1.38. The third-order valence-corrected chi connectivity index (χ3v) is 3.91. The van der Waals surface area contributed by atoms with Gasteiger partial charge in [-0.25, -0.2) is 4.39 Å². The van der Waals surface area contributed by atoms with Crippen molar-refractivity contribution in [3.63, 3.8) is 0 Å². The van der Waals surface area contributed by atoms with Crippen LogP contribution in [0.3, 0.4) is 0 Å². The Hall–Kier alpha value is -0.800. The number of rotatable bonds is 5. The predicted molar refractivity (Wildman–Crippen MR) is 72.9 cm³/mol. The summed E-state index contributed by atoms with van der Waals surface area (Å²) in [4.78, 5) is 12.0. The molecule has 0 spiro atoms. The van der Waals surface area contributed by atoms with E-state index in [1.165, 1.54) is 12.1 Å². The lowest BCUT2D eigenvalue weighted by Gasteiger charge is -2.30. The summed E-state index contributed by atoms with van der Waals surface area (Å²) in [6.45, 7) is 3.87. The molecule has 0 aliphatic rings. The molecule has 2 nitrogen and oxygen atoms in total. The second kappa shape index (κ2) is 6.39. The number of alkyl halides is 1. The van der Waals surface area contributed by atoms with Gasteiger partial charge in [-0.15, -0.1) is 11.6 Å². The molecule has 1 aromatic carbocycles. The van der Waals surface area contributed by atoms with Gasteiger partial charge >= 0.3 is 0 Å². The highest BCUT2D eigenvalue weighted by Gasteiger charge is 2.28. The highest BCUT2D eigenvalue weighted by Crippen LogP contribution is 2.20. The zero-order valence-electron chi connectivity index (χ0n) is 10.4. The molecule has 5 heteroatoms. The van der Waals surface area contributed by atoms with Gasteiger partial charge in [0, 0.05) is 10.9 Å². The summed E-state index contributed by atoms with van der Waals surface area (Å²) < 4.78 is 13.6. The molecule has 0 aliphatic carbocycles. The first-order valence-electron chi connectivity index (χ1n) is 5.81. The molecule has 1 N–H and O–H groups in total. The van der Waals surface area contributed by atoms with Crippen molar-refractivity contribution in [3.05, 3.63) is 34.6 Å². The van der Waals surface area contributed by atoms with Crippen LogP contribution in [0.4, 0.5) is 4.39 Å². The fourth-order valence-corrected chi connectivity index (χ4v) is 2.23. The van der Waals surface area contributed by atoms with Gasteiger partial charge in [0.15, 0.2) is 0 Å². The zero-order chi connectivity index (χ0) is 13.8. The van der Waals surface area contributed by atoms with Crippen molar-refractivity contribution >= 4 is 29.1 Å². The maximum absolute atomic E-state index is 13.6. The van der Waals surface area contributed by atoms with Crippen LogP contribution >= 0.6 is 23.2 Å². The number of hydrogen-bond acceptors (Lipinski definition) is 1. The molecule has 18 heavy (non-hydrogen) atoms. The summed E-state index contributed by atoms with van der Waals surface area (Å²) in [5, 5.41) is 3.06. The first-order valence-corrected chi connectivity index (χ1v) is 6.72. The molecule has 0 radical (unpaired) electrons. The van der Waals surface area contributed by atoms with Crippen LogP contribution < -0.4 is 5.32 Å². The topological polar surface area (TPSA) is 29.1 Å². The van der Waals surface area contributed by atoms with E-state index in [4.69, 9.17) is 23.2 Å². The summed E-state index contributed by atoms with van der Waals surface area (Å²) >= 11 is 11.5. The van der Waals surface area contributed by atoms with E-state index in [0.717, 1.165) is 6.07 Å². The SMILES string of the molecule is CCC(CC)(CCl)NC(=O)c1ccc(Cl)cc1F. The van der Waals surface area contributed by atoms with Crippen LogP contribution in [-0.4, -0.2) is 17.3 Å². The average Bonchev–Trinajstić information content (AvgIpc) is 2.36. The van der Waals surface area contributed by atoms with E-state index in [1.54, 1.807) is 0 Å². The Labute approximate surface area is 116 Å². The molecule has 0 saturated carbocycles. The quantitative estimate of drug-likeness (QED) is 0.816. The molecular weight excluding hydrogens is 276 g/mol. The molecular formula is C13H16Cl2FNO. The molecule has 1 aromatic rings. The lowest BCUT2D eigenvalue weighted by molar-refractivity contribution is 0.0898. The Morgan fingerprint density at radius 3 is 2.44 bits per heavy atom. The highest BCUT2D eigenvalue weighted by molar-refractivity contribution is 6.30. The molecule has 0 fully saturated rings. The number of hydrogen-bond donors (Lipinski definition) is 1. The average molecular weight is 292 g/mol. The van der Waals surface area contributed by atoms with Gasteiger partial charge in [-0.05, 0) is 31.0 Å². The lowest BCUT2D eigenvalue weighted by atomic mass is 9.94. The van der Waals surface area contributed by atoms with Crippen LogP contribution in [-0.2, 0) is 0 Å². The summed E-state index contributed by atoms with van der Waals surface area (Å²) in [5.41, 5.74) is -0.513. The number of carbonyl (C=O) groups is 1. The van der Waals surface area contributed by atoms with Crippen molar-refractivity contribution in [1.82, 2.24) is 5.32 Å². The molecule has 0 unspecified atom stereocenters. The van der Waals surface area contributed by atoms with E-state index < -0.39 is 17.3 Å². The van der Waals surface area contributed by atoms with Gasteiger partial charge < -0.3 is 5.32 Å². The second-order valence-corrected chi connectivity index (χ2v) is 4.90. The van der Waals surface area contributed by atoms with Gasteiger partial charge in [0.2, 0.25) is 0 Å². The predicted octanol–water partition coefficient (Wildman–Crippen LogP) is 4.01. The first kappa shape index (κ1) is 15.3. The van der Waals surface area contributed by atoms with Crippen LogP contribution in [0.15, 0.2) is 18.2 Å². The van der Waals surface area contributed by atoms with Crippen molar-refractivity contribution in [2.24, 2.45) is 0 Å². The maximum atomic E-state index is 13.6. The minimum absolute atomic E-state index is 0.0178. The van der Waals surface area contributed by atoms with Crippen molar-refractivity contribution < 1.29 is 9.18 Å². The molecule has 0 atom stereocenters. The minimum atomic E-state index is -0.629. The molecule has 1 amide bonds. The molecule has 0 aromatic heterocycles. The maximum Gasteiger partial charge on any atom is 0.254 e. The van der Waals surface area contributed by atoms with E-state index >= 15 is 0 Å². The zero-order valence-corrected chi connectivity index (χ0v) is 11.9. The normalized spacial score (nSPS) is 11.4. The van der Waals surface area contributed by atoms with Crippen molar-refractivity contribution in [2.75, 3.05) is 5.88 Å². The summed E-state index contributed by atoms with van der Waals surface area (Å²) in [6, 6.07) is 3.98. The van der Waals surface area contributed by atoms with Crippen LogP contribution in [0.25, 0.3) is 0 Å². The van der Waals surface area contributed by atoms with Crippen molar-refractivity contribution in [1.29, 1.82) is 0 Å². The fourth-order valence-electron chi connectivity index (χ4n) is 1.63. The van der Waals surface area contributed by atoms with Gasteiger partial charge in [0.25, 0.3) is 5.91 Å². The van der Waals surface area contributed by atoms with Crippen molar-refractivity contribution in [2.45, 2.75) is 32.2 Å². The number of amides is 1. The fraction of sp³-hybridized carbons (Fsp3) is 0.462. The second-order valence-electron chi connectivity index (χ2n) is 4.20. The molecule has 0 saturated heterocycles. The van der Waals surface area contributed by atoms with Crippen LogP contribution in [0.5, 0.6) is 0 Å². The van der Waals surface area contributed by atoms with E-state index in [9.17, 15) is 9.18 Å². The van der Waals surface area contributed by atoms with Crippen LogP contribution in [0.1, 0.15) is 37.0 Å². The molecule has 100 valence electrons. The number of benzene rings is 1. The minimum Gasteiger partial charge on any atom is -0.345 e. The van der Waals surface area contributed by atoms with E-state index in [0.29, 0.717) is 18.7 Å². The highest BCUT2D eigenvalue weighted by atomic mass is 35.5. The third kappa shape index (κ3) is 3.36. The van der Waals surface area contributed by atoms with Crippen LogP contribution in [0, 0.1) is 5.82 Å². The number of halogens is 3. The Bertz CT molecular complexity index is 425.